The Morgan fingerprint density at radius 1 is 1.44 bits per heavy atom. The highest BCUT2D eigenvalue weighted by Crippen LogP contribution is 2.22. The molecule has 18 heavy (non-hydrogen) atoms. The molecule has 0 aromatic carbocycles. The van der Waals surface area contributed by atoms with Gasteiger partial charge < -0.3 is 9.64 Å². The topological polar surface area (TPSA) is 42.4 Å². The van der Waals surface area contributed by atoms with Crippen LogP contribution < -0.4 is 0 Å². The molecule has 2 unspecified atom stereocenters. The second-order valence-electron chi connectivity index (χ2n) is 4.35. The van der Waals surface area contributed by atoms with E-state index in [4.69, 9.17) is 27.9 Å². The standard InChI is InChI=1S/C12H14Cl2N2O2/c1-7-9(3-4-18-7)16(2)12(17)8-5-10(13)15-11(14)6-8/h5-7,9H,3-4H2,1-2H3. The Morgan fingerprint density at radius 3 is 2.56 bits per heavy atom. The predicted octanol–water partition coefficient (Wildman–Crippen LogP) is 2.64. The first-order chi connectivity index (χ1) is 8.49. The summed E-state index contributed by atoms with van der Waals surface area (Å²) in [6.45, 7) is 2.65. The molecule has 0 radical (unpaired) electrons. The third kappa shape index (κ3) is 2.76. The molecule has 0 N–H and O–H groups in total. The quantitative estimate of drug-likeness (QED) is 0.786. The second kappa shape index (κ2) is 5.43. The van der Waals surface area contributed by atoms with E-state index in [1.54, 1.807) is 11.9 Å². The van der Waals surface area contributed by atoms with Crippen molar-refractivity contribution in [3.63, 3.8) is 0 Å². The molecular formula is C12H14Cl2N2O2. The van der Waals surface area contributed by atoms with Gasteiger partial charge in [-0.05, 0) is 25.5 Å². The lowest BCUT2D eigenvalue weighted by molar-refractivity contribution is 0.0574. The molecule has 1 aromatic rings. The number of hydrogen-bond acceptors (Lipinski definition) is 3. The first-order valence-electron chi connectivity index (χ1n) is 5.71. The van der Waals surface area contributed by atoms with Gasteiger partial charge in [-0.15, -0.1) is 0 Å². The molecule has 1 aromatic heterocycles. The molecule has 2 atom stereocenters. The van der Waals surface area contributed by atoms with Gasteiger partial charge in [-0.3, -0.25) is 4.79 Å². The van der Waals surface area contributed by atoms with Crippen molar-refractivity contribution in [2.45, 2.75) is 25.5 Å². The van der Waals surface area contributed by atoms with Crippen LogP contribution in [0.1, 0.15) is 23.7 Å². The van der Waals surface area contributed by atoms with Crippen molar-refractivity contribution < 1.29 is 9.53 Å². The zero-order chi connectivity index (χ0) is 13.3. The minimum Gasteiger partial charge on any atom is -0.376 e. The zero-order valence-corrected chi connectivity index (χ0v) is 11.7. The molecule has 6 heteroatoms. The average Bonchev–Trinajstić information content (AvgIpc) is 2.72. The molecule has 1 aliphatic rings. The second-order valence-corrected chi connectivity index (χ2v) is 5.12. The minimum atomic E-state index is -0.122. The molecular weight excluding hydrogens is 275 g/mol. The highest BCUT2D eigenvalue weighted by Gasteiger charge is 2.31. The Balaban J connectivity index is 2.19. The smallest absolute Gasteiger partial charge is 0.254 e. The fourth-order valence-electron chi connectivity index (χ4n) is 2.17. The van der Waals surface area contributed by atoms with E-state index in [0.29, 0.717) is 12.2 Å². The fraction of sp³-hybridized carbons (Fsp3) is 0.500. The summed E-state index contributed by atoms with van der Waals surface area (Å²) in [6.07, 6.45) is 0.891. The average molecular weight is 289 g/mol. The Hall–Kier alpha value is -0.840. The Bertz CT molecular complexity index is 447. The van der Waals surface area contributed by atoms with Crippen LogP contribution in [0, 0.1) is 0 Å². The molecule has 0 spiro atoms. The van der Waals surface area contributed by atoms with Gasteiger partial charge in [0.15, 0.2) is 0 Å². The number of likely N-dealkylation sites (N-methyl/N-ethyl adjacent to an activating group) is 1. The fourth-order valence-corrected chi connectivity index (χ4v) is 2.63. The van der Waals surface area contributed by atoms with Crippen molar-refractivity contribution in [2.24, 2.45) is 0 Å². The van der Waals surface area contributed by atoms with E-state index in [-0.39, 0.29) is 28.4 Å². The van der Waals surface area contributed by atoms with E-state index < -0.39 is 0 Å². The van der Waals surface area contributed by atoms with Crippen LogP contribution in [-0.2, 0) is 4.74 Å². The number of halogens is 2. The normalized spacial score (nSPS) is 23.1. The molecule has 1 fully saturated rings. The highest BCUT2D eigenvalue weighted by molar-refractivity contribution is 6.33. The molecule has 1 amide bonds. The number of carbonyl (C=O) groups excluding carboxylic acids is 1. The maximum absolute atomic E-state index is 12.3. The van der Waals surface area contributed by atoms with Gasteiger partial charge >= 0.3 is 0 Å². The van der Waals surface area contributed by atoms with Crippen LogP contribution in [0.5, 0.6) is 0 Å². The summed E-state index contributed by atoms with van der Waals surface area (Å²) >= 11 is 11.6. The summed E-state index contributed by atoms with van der Waals surface area (Å²) in [5.41, 5.74) is 0.446. The lowest BCUT2D eigenvalue weighted by atomic mass is 10.1. The van der Waals surface area contributed by atoms with Crippen molar-refractivity contribution >= 4 is 29.1 Å². The predicted molar refractivity (Wildman–Crippen MR) is 70.2 cm³/mol. The third-order valence-corrected chi connectivity index (χ3v) is 3.55. The Morgan fingerprint density at radius 2 is 2.06 bits per heavy atom. The number of ether oxygens (including phenoxy) is 1. The lowest BCUT2D eigenvalue weighted by Crippen LogP contribution is -2.41. The van der Waals surface area contributed by atoms with Gasteiger partial charge in [0.1, 0.15) is 10.3 Å². The first kappa shape index (κ1) is 13.6. The molecule has 0 aliphatic carbocycles. The molecule has 1 saturated heterocycles. The maximum Gasteiger partial charge on any atom is 0.254 e. The Labute approximate surface area is 116 Å². The van der Waals surface area contributed by atoms with Gasteiger partial charge in [0.05, 0.1) is 12.1 Å². The SMILES string of the molecule is CC1OCCC1N(C)C(=O)c1cc(Cl)nc(Cl)c1. The van der Waals surface area contributed by atoms with Crippen LogP contribution in [0.3, 0.4) is 0 Å². The summed E-state index contributed by atoms with van der Waals surface area (Å²) < 4.78 is 5.46. The maximum atomic E-state index is 12.3. The number of carbonyl (C=O) groups is 1. The van der Waals surface area contributed by atoms with Crippen molar-refractivity contribution in [1.82, 2.24) is 9.88 Å². The molecule has 2 rings (SSSR count). The molecule has 4 nitrogen and oxygen atoms in total. The van der Waals surface area contributed by atoms with Crippen molar-refractivity contribution in [3.05, 3.63) is 28.0 Å². The van der Waals surface area contributed by atoms with Crippen LogP contribution in [0.25, 0.3) is 0 Å². The van der Waals surface area contributed by atoms with Gasteiger partial charge in [0, 0.05) is 19.2 Å². The van der Waals surface area contributed by atoms with E-state index in [2.05, 4.69) is 4.98 Å². The summed E-state index contributed by atoms with van der Waals surface area (Å²) in [6, 6.07) is 3.13. The molecule has 2 heterocycles. The van der Waals surface area contributed by atoms with Crippen LogP contribution in [0.4, 0.5) is 0 Å². The van der Waals surface area contributed by atoms with Crippen LogP contribution in [0.2, 0.25) is 10.3 Å². The van der Waals surface area contributed by atoms with E-state index in [1.165, 1.54) is 12.1 Å². The summed E-state index contributed by atoms with van der Waals surface area (Å²) in [5.74, 6) is -0.122. The monoisotopic (exact) mass is 288 g/mol. The van der Waals surface area contributed by atoms with Crippen molar-refractivity contribution in [3.8, 4) is 0 Å². The van der Waals surface area contributed by atoms with E-state index in [1.807, 2.05) is 6.92 Å². The third-order valence-electron chi connectivity index (χ3n) is 3.16. The molecule has 0 saturated carbocycles. The molecule has 98 valence electrons. The number of rotatable bonds is 2. The highest BCUT2D eigenvalue weighted by atomic mass is 35.5. The van der Waals surface area contributed by atoms with Gasteiger partial charge in [-0.25, -0.2) is 4.98 Å². The lowest BCUT2D eigenvalue weighted by Gasteiger charge is -2.26. The van der Waals surface area contributed by atoms with Gasteiger partial charge in [-0.2, -0.15) is 0 Å². The van der Waals surface area contributed by atoms with Crippen molar-refractivity contribution in [2.75, 3.05) is 13.7 Å². The number of hydrogen-bond donors (Lipinski definition) is 0. The zero-order valence-electron chi connectivity index (χ0n) is 10.2. The molecule has 0 bridgehead atoms. The minimum absolute atomic E-state index is 0.0479. The van der Waals surface area contributed by atoms with E-state index >= 15 is 0 Å². The van der Waals surface area contributed by atoms with Gasteiger partial charge in [0.25, 0.3) is 5.91 Å². The number of amides is 1. The molecule has 1 aliphatic heterocycles. The largest absolute Gasteiger partial charge is 0.376 e. The first-order valence-corrected chi connectivity index (χ1v) is 6.46. The van der Waals surface area contributed by atoms with Crippen LogP contribution in [-0.4, -0.2) is 41.6 Å². The van der Waals surface area contributed by atoms with Crippen molar-refractivity contribution in [1.29, 1.82) is 0 Å². The number of pyridine rings is 1. The van der Waals surface area contributed by atoms with E-state index in [0.717, 1.165) is 6.42 Å². The van der Waals surface area contributed by atoms with Gasteiger partial charge in [-0.1, -0.05) is 23.2 Å². The summed E-state index contributed by atoms with van der Waals surface area (Å²) in [7, 11) is 1.76. The number of nitrogens with zero attached hydrogens (tertiary/aromatic N) is 2. The summed E-state index contributed by atoms with van der Waals surface area (Å²) in [4.78, 5) is 17.8. The number of aromatic nitrogens is 1. The van der Waals surface area contributed by atoms with Crippen LogP contribution in [0.15, 0.2) is 12.1 Å². The Kier molecular flexibility index (Phi) is 4.10. The van der Waals surface area contributed by atoms with Gasteiger partial charge in [0.2, 0.25) is 0 Å². The van der Waals surface area contributed by atoms with E-state index in [9.17, 15) is 4.79 Å². The summed E-state index contributed by atoms with van der Waals surface area (Å²) in [5, 5.41) is 0.435. The van der Waals surface area contributed by atoms with Crippen LogP contribution >= 0.6 is 23.2 Å².